The summed E-state index contributed by atoms with van der Waals surface area (Å²) in [5, 5.41) is 14.3. The number of piperazine rings is 1. The third kappa shape index (κ3) is 5.38. The van der Waals surface area contributed by atoms with Gasteiger partial charge in [-0.15, -0.1) is 0 Å². The predicted octanol–water partition coefficient (Wildman–Crippen LogP) is 1.85. The molecule has 9 heteroatoms. The second kappa shape index (κ2) is 8.95. The number of para-hydroxylation sites is 1. The maximum atomic E-state index is 11.9. The molecule has 1 amide bonds. The largest absolute Gasteiger partial charge is 0.433 e. The van der Waals surface area contributed by atoms with Crippen molar-refractivity contribution in [3.63, 3.8) is 0 Å². The molecular weight excluding hydrogens is 350 g/mol. The normalized spacial score (nSPS) is 15.2. The highest BCUT2D eigenvalue weighted by Crippen LogP contribution is 2.15. The standard InChI is InChI=1S/C18H21N5O4/c24-17(20-19-14-16-6-7-18(27-16)23(25)26)8-9-21-10-12-22(13-11-21)15-4-2-1-3-5-15/h1-7,14H,8-13H2,(H,20,24)/b19-14-. The lowest BCUT2D eigenvalue weighted by atomic mass is 10.2. The minimum absolute atomic E-state index is 0.207. The van der Waals surface area contributed by atoms with Crippen molar-refractivity contribution in [1.29, 1.82) is 0 Å². The van der Waals surface area contributed by atoms with Crippen molar-refractivity contribution >= 4 is 23.7 Å². The van der Waals surface area contributed by atoms with E-state index in [-0.39, 0.29) is 17.6 Å². The molecule has 2 heterocycles. The number of nitrogens with zero attached hydrogens (tertiary/aromatic N) is 4. The van der Waals surface area contributed by atoms with Gasteiger partial charge >= 0.3 is 5.88 Å². The fraction of sp³-hybridized carbons (Fsp3) is 0.333. The second-order valence-electron chi connectivity index (χ2n) is 6.14. The summed E-state index contributed by atoms with van der Waals surface area (Å²) < 4.78 is 4.92. The molecule has 27 heavy (non-hydrogen) atoms. The maximum absolute atomic E-state index is 11.9. The van der Waals surface area contributed by atoms with Gasteiger partial charge in [-0.05, 0) is 18.2 Å². The average molecular weight is 371 g/mol. The Hall–Kier alpha value is -3.20. The molecule has 0 unspecified atom stereocenters. The van der Waals surface area contributed by atoms with E-state index in [1.807, 2.05) is 18.2 Å². The zero-order valence-electron chi connectivity index (χ0n) is 14.8. The first-order valence-corrected chi connectivity index (χ1v) is 8.70. The number of hydrazone groups is 1. The molecule has 3 rings (SSSR count). The van der Waals surface area contributed by atoms with Crippen LogP contribution in [0.3, 0.4) is 0 Å². The molecule has 1 N–H and O–H groups in total. The van der Waals surface area contributed by atoms with Crippen LogP contribution < -0.4 is 10.3 Å². The van der Waals surface area contributed by atoms with E-state index >= 15 is 0 Å². The van der Waals surface area contributed by atoms with Crippen LogP contribution in [-0.4, -0.2) is 54.7 Å². The van der Waals surface area contributed by atoms with Gasteiger partial charge < -0.3 is 9.32 Å². The van der Waals surface area contributed by atoms with Crippen LogP contribution in [0.1, 0.15) is 12.2 Å². The van der Waals surface area contributed by atoms with Crippen molar-refractivity contribution < 1.29 is 14.1 Å². The number of furan rings is 1. The van der Waals surface area contributed by atoms with Crippen LogP contribution >= 0.6 is 0 Å². The third-order valence-electron chi connectivity index (χ3n) is 4.32. The van der Waals surface area contributed by atoms with E-state index in [4.69, 9.17) is 4.42 Å². The van der Waals surface area contributed by atoms with Gasteiger partial charge in [0.2, 0.25) is 5.91 Å². The lowest BCUT2D eigenvalue weighted by molar-refractivity contribution is -0.402. The van der Waals surface area contributed by atoms with Crippen LogP contribution in [0.2, 0.25) is 0 Å². The fourth-order valence-electron chi connectivity index (χ4n) is 2.86. The van der Waals surface area contributed by atoms with E-state index in [1.54, 1.807) is 0 Å². The lowest BCUT2D eigenvalue weighted by Gasteiger charge is -2.36. The molecule has 1 aromatic carbocycles. The minimum Gasteiger partial charge on any atom is -0.400 e. The number of carbonyl (C=O) groups is 1. The van der Waals surface area contributed by atoms with Gasteiger partial charge in [-0.3, -0.25) is 19.8 Å². The quantitative estimate of drug-likeness (QED) is 0.452. The molecule has 0 radical (unpaired) electrons. The Morgan fingerprint density at radius 1 is 1.19 bits per heavy atom. The molecule has 142 valence electrons. The molecule has 1 aliphatic heterocycles. The van der Waals surface area contributed by atoms with Gasteiger partial charge in [0.15, 0.2) is 5.76 Å². The number of nitro groups is 1. The molecule has 1 aromatic heterocycles. The Balaban J connectivity index is 1.36. The van der Waals surface area contributed by atoms with Crippen molar-refractivity contribution in [3.05, 3.63) is 58.3 Å². The van der Waals surface area contributed by atoms with E-state index in [0.717, 1.165) is 26.2 Å². The molecule has 9 nitrogen and oxygen atoms in total. The fourth-order valence-corrected chi connectivity index (χ4v) is 2.86. The first-order chi connectivity index (χ1) is 13.1. The summed E-state index contributed by atoms with van der Waals surface area (Å²) in [6.07, 6.45) is 1.57. The Bertz CT molecular complexity index is 797. The van der Waals surface area contributed by atoms with Gasteiger partial charge in [-0.25, -0.2) is 5.43 Å². The van der Waals surface area contributed by atoms with Crippen molar-refractivity contribution in [2.75, 3.05) is 37.6 Å². The average Bonchev–Trinajstić information content (AvgIpc) is 3.17. The summed E-state index contributed by atoms with van der Waals surface area (Å²) in [6.45, 7) is 4.33. The van der Waals surface area contributed by atoms with Crippen molar-refractivity contribution in [2.45, 2.75) is 6.42 Å². The number of rotatable bonds is 7. The number of carbonyl (C=O) groups excluding carboxylic acids is 1. The van der Waals surface area contributed by atoms with E-state index < -0.39 is 4.92 Å². The minimum atomic E-state index is -0.631. The van der Waals surface area contributed by atoms with Gasteiger partial charge in [0.05, 0.1) is 12.3 Å². The van der Waals surface area contributed by atoms with E-state index in [1.165, 1.54) is 24.0 Å². The monoisotopic (exact) mass is 371 g/mol. The number of hydrogen-bond acceptors (Lipinski definition) is 7. The topological polar surface area (TPSA) is 104 Å². The number of hydrogen-bond donors (Lipinski definition) is 1. The van der Waals surface area contributed by atoms with Gasteiger partial charge in [0.25, 0.3) is 0 Å². The number of anilines is 1. The van der Waals surface area contributed by atoms with Gasteiger partial charge in [0.1, 0.15) is 4.92 Å². The summed E-state index contributed by atoms with van der Waals surface area (Å²) in [5.74, 6) is -0.366. The Morgan fingerprint density at radius 3 is 2.59 bits per heavy atom. The second-order valence-corrected chi connectivity index (χ2v) is 6.14. The maximum Gasteiger partial charge on any atom is 0.433 e. The highest BCUT2D eigenvalue weighted by atomic mass is 16.6. The Labute approximate surface area is 156 Å². The zero-order chi connectivity index (χ0) is 19.1. The van der Waals surface area contributed by atoms with E-state index in [2.05, 4.69) is 32.5 Å². The van der Waals surface area contributed by atoms with Crippen LogP contribution in [0, 0.1) is 10.1 Å². The highest BCUT2D eigenvalue weighted by Gasteiger charge is 2.17. The van der Waals surface area contributed by atoms with Crippen LogP contribution in [0.25, 0.3) is 0 Å². The number of benzene rings is 1. The highest BCUT2D eigenvalue weighted by molar-refractivity contribution is 5.80. The SMILES string of the molecule is O=C(CCN1CCN(c2ccccc2)CC1)N/N=C\c1ccc([N+](=O)[O-])o1. The van der Waals surface area contributed by atoms with Crippen LogP contribution in [0.4, 0.5) is 11.6 Å². The lowest BCUT2D eigenvalue weighted by Crippen LogP contribution is -2.47. The van der Waals surface area contributed by atoms with Crippen LogP contribution in [0.15, 0.2) is 52.0 Å². The third-order valence-corrected chi connectivity index (χ3v) is 4.32. The van der Waals surface area contributed by atoms with Crippen molar-refractivity contribution in [2.24, 2.45) is 5.10 Å². The first-order valence-electron chi connectivity index (χ1n) is 8.70. The smallest absolute Gasteiger partial charge is 0.400 e. The van der Waals surface area contributed by atoms with Crippen molar-refractivity contribution in [3.8, 4) is 0 Å². The summed E-state index contributed by atoms with van der Waals surface area (Å²) in [5.41, 5.74) is 3.63. The zero-order valence-corrected chi connectivity index (χ0v) is 14.8. The molecule has 1 aliphatic rings. The van der Waals surface area contributed by atoms with E-state index in [9.17, 15) is 14.9 Å². The Morgan fingerprint density at radius 2 is 1.93 bits per heavy atom. The molecule has 0 atom stereocenters. The van der Waals surface area contributed by atoms with E-state index in [0.29, 0.717) is 13.0 Å². The summed E-state index contributed by atoms with van der Waals surface area (Å²) >= 11 is 0. The molecule has 0 aliphatic carbocycles. The molecular formula is C18H21N5O4. The summed E-state index contributed by atoms with van der Waals surface area (Å²) in [6, 6.07) is 12.9. The van der Waals surface area contributed by atoms with Crippen molar-refractivity contribution in [1.82, 2.24) is 10.3 Å². The first kappa shape index (κ1) is 18.6. The summed E-state index contributed by atoms with van der Waals surface area (Å²) in [4.78, 5) is 26.4. The van der Waals surface area contributed by atoms with Gasteiger partial charge in [0, 0.05) is 44.8 Å². The molecule has 0 bridgehead atoms. The molecule has 1 saturated heterocycles. The van der Waals surface area contributed by atoms with Gasteiger partial charge in [-0.1, -0.05) is 18.2 Å². The van der Waals surface area contributed by atoms with Gasteiger partial charge in [-0.2, -0.15) is 5.10 Å². The van der Waals surface area contributed by atoms with Crippen LogP contribution in [-0.2, 0) is 4.79 Å². The summed E-state index contributed by atoms with van der Waals surface area (Å²) in [7, 11) is 0. The number of amides is 1. The Kier molecular flexibility index (Phi) is 6.16. The molecule has 0 saturated carbocycles. The molecule has 1 fully saturated rings. The molecule has 0 spiro atoms. The van der Waals surface area contributed by atoms with Crippen LogP contribution in [0.5, 0.6) is 0 Å². The predicted molar refractivity (Wildman–Crippen MR) is 101 cm³/mol. The molecule has 2 aromatic rings. The number of nitrogens with one attached hydrogen (secondary N) is 1.